The third-order valence-electron chi connectivity index (χ3n) is 7.20. The van der Waals surface area contributed by atoms with E-state index >= 15 is 0 Å². The number of fused-ring (bicyclic) bond motifs is 2. The molecule has 34 heavy (non-hydrogen) atoms. The summed E-state index contributed by atoms with van der Waals surface area (Å²) in [6, 6.07) is 7.76. The number of nitrogens with one attached hydrogen (secondary N) is 5. The maximum atomic E-state index is 13.3. The fourth-order valence-corrected chi connectivity index (χ4v) is 5.40. The van der Waals surface area contributed by atoms with Crippen LogP contribution in [0.2, 0.25) is 0 Å². The first-order chi connectivity index (χ1) is 16.3. The molecule has 1 aliphatic carbocycles. The number of H-pyrrole nitrogens is 1. The van der Waals surface area contributed by atoms with Crippen molar-refractivity contribution in [3.8, 4) is 0 Å². The Morgan fingerprint density at radius 3 is 2.68 bits per heavy atom. The van der Waals surface area contributed by atoms with Crippen LogP contribution in [0, 0.1) is 11.8 Å². The van der Waals surface area contributed by atoms with Gasteiger partial charge in [0.25, 0.3) is 5.91 Å². The molecule has 2 aliphatic rings. The summed E-state index contributed by atoms with van der Waals surface area (Å²) in [6.45, 7) is 8.34. The first-order valence-corrected chi connectivity index (χ1v) is 12.2. The second kappa shape index (κ2) is 10.2. The molecule has 4 atom stereocenters. The lowest BCUT2D eigenvalue weighted by Gasteiger charge is -2.33. The van der Waals surface area contributed by atoms with Crippen LogP contribution in [-0.2, 0) is 4.79 Å². The van der Waals surface area contributed by atoms with E-state index in [0.29, 0.717) is 48.9 Å². The second-order valence-electron chi connectivity index (χ2n) is 9.78. The first kappa shape index (κ1) is 24.3. The fraction of sp³-hybridized carbons (Fsp3) is 0.520. The molecule has 0 radical (unpaired) electrons. The Labute approximate surface area is 200 Å². The van der Waals surface area contributed by atoms with Crippen LogP contribution in [0.1, 0.15) is 43.1 Å². The van der Waals surface area contributed by atoms with Gasteiger partial charge in [0.15, 0.2) is 0 Å². The van der Waals surface area contributed by atoms with Crippen LogP contribution in [0.5, 0.6) is 0 Å². The predicted octanol–water partition coefficient (Wildman–Crippen LogP) is 1.39. The summed E-state index contributed by atoms with van der Waals surface area (Å²) in [7, 11) is 0. The summed E-state index contributed by atoms with van der Waals surface area (Å²) in [4.78, 5) is 28.6. The number of hydrogen-bond donors (Lipinski definition) is 7. The Morgan fingerprint density at radius 2 is 1.91 bits per heavy atom. The van der Waals surface area contributed by atoms with Gasteiger partial charge in [-0.15, -0.1) is 0 Å². The number of nitrogens with two attached hydrogens (primary N) is 2. The van der Waals surface area contributed by atoms with Crippen LogP contribution in [-0.4, -0.2) is 54.6 Å². The molecular weight excluding hydrogens is 430 g/mol. The average molecular weight is 468 g/mol. The highest BCUT2D eigenvalue weighted by molar-refractivity contribution is 6.01. The first-order valence-electron chi connectivity index (χ1n) is 12.2. The smallest absolute Gasteiger partial charge is 0.267 e. The third-order valence-corrected chi connectivity index (χ3v) is 7.20. The summed E-state index contributed by atoms with van der Waals surface area (Å²) >= 11 is 0. The molecule has 4 rings (SSSR count). The number of benzene rings is 1. The van der Waals surface area contributed by atoms with Crippen LogP contribution in [0.3, 0.4) is 0 Å². The van der Waals surface area contributed by atoms with Crippen molar-refractivity contribution in [3.63, 3.8) is 0 Å². The van der Waals surface area contributed by atoms with E-state index < -0.39 is 5.54 Å². The van der Waals surface area contributed by atoms with E-state index in [0.717, 1.165) is 48.8 Å². The van der Waals surface area contributed by atoms with Crippen LogP contribution < -0.4 is 32.7 Å². The van der Waals surface area contributed by atoms with Crippen molar-refractivity contribution in [3.05, 3.63) is 42.2 Å². The summed E-state index contributed by atoms with van der Waals surface area (Å²) in [5, 5.41) is 13.7. The molecule has 0 bridgehead atoms. The number of hydrogen-bond acceptors (Lipinski definition) is 6. The van der Waals surface area contributed by atoms with E-state index in [9.17, 15) is 9.59 Å². The number of carbonyl (C=O) groups is 2. The summed E-state index contributed by atoms with van der Waals surface area (Å²) in [5.74, 6) is 0.625. The molecule has 1 aromatic carbocycles. The second-order valence-corrected chi connectivity index (χ2v) is 9.78. The number of carbonyl (C=O) groups excluding carboxylic acids is 2. The summed E-state index contributed by atoms with van der Waals surface area (Å²) in [6.07, 6.45) is 3.92. The minimum atomic E-state index is -0.631. The van der Waals surface area contributed by atoms with E-state index in [2.05, 4.69) is 32.8 Å². The van der Waals surface area contributed by atoms with E-state index in [1.807, 2.05) is 25.1 Å². The Hall–Kier alpha value is -2.88. The van der Waals surface area contributed by atoms with E-state index in [1.54, 1.807) is 6.07 Å². The van der Waals surface area contributed by atoms with Gasteiger partial charge in [-0.25, -0.2) is 0 Å². The van der Waals surface area contributed by atoms with Gasteiger partial charge in [0.2, 0.25) is 5.91 Å². The highest BCUT2D eigenvalue weighted by Crippen LogP contribution is 2.42. The average Bonchev–Trinajstić information content (AvgIpc) is 3.41. The van der Waals surface area contributed by atoms with Crippen molar-refractivity contribution in [2.24, 2.45) is 23.3 Å². The van der Waals surface area contributed by atoms with Gasteiger partial charge in [0, 0.05) is 54.5 Å². The summed E-state index contributed by atoms with van der Waals surface area (Å²) < 4.78 is 0. The fourth-order valence-electron chi connectivity index (χ4n) is 5.40. The SMILES string of the molecule is C=C(NCCN)C1CCC2NC(C)(C(=O)Nc3ccc4cc(C(=O)NCCN)[nH]c4c3)CC2C1. The maximum Gasteiger partial charge on any atom is 0.267 e. The quantitative estimate of drug-likeness (QED) is 0.296. The van der Waals surface area contributed by atoms with Crippen LogP contribution in [0.4, 0.5) is 5.69 Å². The highest BCUT2D eigenvalue weighted by Gasteiger charge is 2.48. The normalized spacial score (nSPS) is 26.1. The number of amides is 2. The predicted molar refractivity (Wildman–Crippen MR) is 135 cm³/mol. The molecule has 4 unspecified atom stereocenters. The van der Waals surface area contributed by atoms with E-state index in [1.165, 1.54) is 0 Å². The minimum absolute atomic E-state index is 0.0367. The minimum Gasteiger partial charge on any atom is -0.387 e. The molecule has 9 nitrogen and oxygen atoms in total. The third kappa shape index (κ3) is 5.11. The molecule has 9 heteroatoms. The monoisotopic (exact) mass is 467 g/mol. The van der Waals surface area contributed by atoms with E-state index in [-0.39, 0.29) is 11.8 Å². The lowest BCUT2D eigenvalue weighted by Crippen LogP contribution is -2.50. The van der Waals surface area contributed by atoms with Crippen molar-refractivity contribution in [2.75, 3.05) is 31.5 Å². The zero-order chi connectivity index (χ0) is 24.3. The van der Waals surface area contributed by atoms with Gasteiger partial charge < -0.3 is 37.7 Å². The number of aromatic nitrogens is 1. The lowest BCUT2D eigenvalue weighted by molar-refractivity contribution is -0.121. The van der Waals surface area contributed by atoms with Gasteiger partial charge in [-0.3, -0.25) is 9.59 Å². The van der Waals surface area contributed by atoms with E-state index in [4.69, 9.17) is 11.5 Å². The van der Waals surface area contributed by atoms with Gasteiger partial charge in [-0.2, -0.15) is 0 Å². The molecule has 2 fully saturated rings. The van der Waals surface area contributed by atoms with Gasteiger partial charge in [-0.1, -0.05) is 12.6 Å². The molecule has 1 saturated carbocycles. The molecule has 1 aromatic heterocycles. The standard InChI is InChI=1S/C25H37N7O2/c1-15(28-9-7-26)16-4-6-20-18(11-16)14-25(2,32-20)24(34)30-19-5-3-17-12-22(31-21(17)13-19)23(33)29-10-8-27/h3,5,12-13,16,18,20,28,31-32H,1,4,6-11,14,26-27H2,2H3,(H,29,33)(H,30,34). The van der Waals surface area contributed by atoms with Crippen molar-refractivity contribution >= 4 is 28.4 Å². The molecule has 2 heterocycles. The van der Waals surface area contributed by atoms with Crippen molar-refractivity contribution in [1.29, 1.82) is 0 Å². The van der Waals surface area contributed by atoms with Gasteiger partial charge in [0.05, 0.1) is 5.54 Å². The largest absolute Gasteiger partial charge is 0.387 e. The highest BCUT2D eigenvalue weighted by atomic mass is 16.2. The lowest BCUT2D eigenvalue weighted by atomic mass is 9.76. The van der Waals surface area contributed by atoms with Gasteiger partial charge in [0.1, 0.15) is 5.69 Å². The molecule has 0 spiro atoms. The molecule has 2 amide bonds. The number of allylic oxidation sites excluding steroid dienone is 1. The van der Waals surface area contributed by atoms with Crippen LogP contribution >= 0.6 is 0 Å². The number of aromatic amines is 1. The van der Waals surface area contributed by atoms with Crippen molar-refractivity contribution < 1.29 is 9.59 Å². The van der Waals surface area contributed by atoms with Gasteiger partial charge in [-0.05, 0) is 62.6 Å². The molecule has 1 saturated heterocycles. The molecule has 184 valence electrons. The van der Waals surface area contributed by atoms with Crippen molar-refractivity contribution in [2.45, 2.75) is 44.2 Å². The zero-order valence-corrected chi connectivity index (χ0v) is 19.9. The van der Waals surface area contributed by atoms with Crippen LogP contribution in [0.25, 0.3) is 10.9 Å². The van der Waals surface area contributed by atoms with Crippen LogP contribution in [0.15, 0.2) is 36.5 Å². The maximum absolute atomic E-state index is 13.3. The molecule has 9 N–H and O–H groups in total. The zero-order valence-electron chi connectivity index (χ0n) is 19.9. The van der Waals surface area contributed by atoms with Gasteiger partial charge >= 0.3 is 0 Å². The number of rotatable bonds is 9. The topological polar surface area (TPSA) is 150 Å². The number of anilines is 1. The Balaban J connectivity index is 1.39. The molecule has 1 aliphatic heterocycles. The Kier molecular flexibility index (Phi) is 7.25. The van der Waals surface area contributed by atoms with Crippen molar-refractivity contribution in [1.82, 2.24) is 20.9 Å². The summed E-state index contributed by atoms with van der Waals surface area (Å²) in [5.41, 5.74) is 13.5. The molecular formula is C25H37N7O2. The Morgan fingerprint density at radius 1 is 1.15 bits per heavy atom. The Bertz CT molecular complexity index is 1060. The molecule has 2 aromatic rings.